The highest BCUT2D eigenvalue weighted by Gasteiger charge is 2.67. The molecule has 0 radical (unpaired) electrons. The summed E-state index contributed by atoms with van der Waals surface area (Å²) in [5.41, 5.74) is -0.933. The van der Waals surface area contributed by atoms with Crippen LogP contribution in [0, 0.1) is 40.9 Å². The lowest BCUT2D eigenvalue weighted by Crippen LogP contribution is -2.61. The summed E-state index contributed by atoms with van der Waals surface area (Å²) in [5, 5.41) is 42.5. The van der Waals surface area contributed by atoms with Crippen LogP contribution in [0.2, 0.25) is 0 Å². The fraction of sp³-hybridized carbons (Fsp3) is 0.810. The van der Waals surface area contributed by atoms with Gasteiger partial charge >= 0.3 is 0 Å². The third kappa shape index (κ3) is 2.10. The van der Waals surface area contributed by atoms with E-state index < -0.39 is 17.1 Å². The summed E-state index contributed by atoms with van der Waals surface area (Å²) in [4.78, 5) is 0. The molecule has 0 saturated heterocycles. The van der Waals surface area contributed by atoms with Crippen LogP contribution in [0.4, 0.5) is 0 Å². The van der Waals surface area contributed by atoms with Gasteiger partial charge in [-0.25, -0.2) is 0 Å². The van der Waals surface area contributed by atoms with Gasteiger partial charge in [-0.2, -0.15) is 0 Å². The zero-order valence-electron chi connectivity index (χ0n) is 15.0. The van der Waals surface area contributed by atoms with Crippen molar-refractivity contribution < 1.29 is 20.4 Å². The highest BCUT2D eigenvalue weighted by Crippen LogP contribution is 2.66. The summed E-state index contributed by atoms with van der Waals surface area (Å²) in [5.74, 6) is 3.03. The van der Waals surface area contributed by atoms with E-state index in [1.807, 2.05) is 0 Å². The molecule has 4 N–H and O–H groups in total. The molecule has 0 heterocycles. The number of rotatable bonds is 1. The predicted octanol–water partition coefficient (Wildman–Crippen LogP) is 1.62. The van der Waals surface area contributed by atoms with Gasteiger partial charge < -0.3 is 20.4 Å². The molecule has 4 aliphatic carbocycles. The maximum atomic E-state index is 11.2. The molecule has 4 aliphatic rings. The Morgan fingerprint density at radius 1 is 1.28 bits per heavy atom. The Bertz CT molecular complexity index is 636. The Morgan fingerprint density at radius 2 is 2.04 bits per heavy atom. The molecule has 4 heteroatoms. The van der Waals surface area contributed by atoms with Crippen molar-refractivity contribution in [1.82, 2.24) is 0 Å². The van der Waals surface area contributed by atoms with Crippen molar-refractivity contribution >= 4 is 0 Å². The number of fused-ring (bicyclic) bond motifs is 5. The monoisotopic (exact) mass is 346 g/mol. The SMILES string of the molecule is C#CC1(O)CC[C@H]2[C@@H]3CC=C4CC(O)CC[C@]4(C)[C@@H]3C(O)C[C@@]21CO. The minimum atomic E-state index is -1.33. The zero-order valence-corrected chi connectivity index (χ0v) is 15.0. The molecule has 4 nitrogen and oxygen atoms in total. The summed E-state index contributed by atoms with van der Waals surface area (Å²) >= 11 is 0. The second kappa shape index (κ2) is 5.57. The van der Waals surface area contributed by atoms with Crippen LogP contribution in [0.25, 0.3) is 0 Å². The van der Waals surface area contributed by atoms with Crippen LogP contribution < -0.4 is 0 Å². The number of aliphatic hydroxyl groups is 4. The standard InChI is InChI=1S/C21H30O4/c1-3-21(25)9-7-16-15-5-4-13-10-14(23)6-8-19(13,2)18(15)17(24)11-20(16,21)12-22/h1,4,14-18,22-25H,5-12H2,2H3/t14?,15-,16-,17?,18-,19-,20+,21?/m0/s1. The average Bonchev–Trinajstić information content (AvgIpc) is 2.89. The Morgan fingerprint density at radius 3 is 2.72 bits per heavy atom. The van der Waals surface area contributed by atoms with Crippen LogP contribution in [0.1, 0.15) is 51.9 Å². The van der Waals surface area contributed by atoms with Gasteiger partial charge in [-0.3, -0.25) is 0 Å². The second-order valence-corrected chi connectivity index (χ2v) is 9.20. The van der Waals surface area contributed by atoms with Crippen molar-refractivity contribution in [3.63, 3.8) is 0 Å². The number of aliphatic hydroxyl groups excluding tert-OH is 3. The first-order valence-corrected chi connectivity index (χ1v) is 9.68. The minimum Gasteiger partial charge on any atom is -0.396 e. The van der Waals surface area contributed by atoms with Crippen LogP contribution in [-0.4, -0.2) is 44.8 Å². The van der Waals surface area contributed by atoms with Gasteiger partial charge in [0, 0.05) is 5.41 Å². The summed E-state index contributed by atoms with van der Waals surface area (Å²) in [6.45, 7) is 2.06. The summed E-state index contributed by atoms with van der Waals surface area (Å²) in [6.07, 6.45) is 11.9. The molecule has 3 unspecified atom stereocenters. The average molecular weight is 346 g/mol. The molecule has 138 valence electrons. The third-order valence-electron chi connectivity index (χ3n) is 8.40. The van der Waals surface area contributed by atoms with Crippen molar-refractivity contribution in [3.8, 4) is 12.3 Å². The maximum absolute atomic E-state index is 11.2. The van der Waals surface area contributed by atoms with Crippen LogP contribution in [-0.2, 0) is 0 Å². The first kappa shape index (κ1) is 17.5. The third-order valence-corrected chi connectivity index (χ3v) is 8.40. The molecule has 0 aliphatic heterocycles. The van der Waals surface area contributed by atoms with E-state index in [-0.39, 0.29) is 35.9 Å². The largest absolute Gasteiger partial charge is 0.396 e. The van der Waals surface area contributed by atoms with E-state index >= 15 is 0 Å². The first-order valence-electron chi connectivity index (χ1n) is 9.68. The minimum absolute atomic E-state index is 0.0972. The molecule has 0 spiro atoms. The zero-order chi connectivity index (χ0) is 18.0. The molecule has 0 aromatic heterocycles. The Hall–Kier alpha value is -0.860. The molecule has 25 heavy (non-hydrogen) atoms. The van der Waals surface area contributed by atoms with Gasteiger partial charge in [-0.15, -0.1) is 6.42 Å². The van der Waals surface area contributed by atoms with Gasteiger partial charge in [0.25, 0.3) is 0 Å². The lowest BCUT2D eigenvalue weighted by Gasteiger charge is -2.60. The number of hydrogen-bond donors (Lipinski definition) is 4. The van der Waals surface area contributed by atoms with Gasteiger partial charge in [-0.1, -0.05) is 24.5 Å². The molecule has 4 rings (SSSR count). The smallest absolute Gasteiger partial charge is 0.133 e. The molecule has 0 amide bonds. The maximum Gasteiger partial charge on any atom is 0.133 e. The van der Waals surface area contributed by atoms with Crippen molar-refractivity contribution in [1.29, 1.82) is 0 Å². The van der Waals surface area contributed by atoms with E-state index in [9.17, 15) is 20.4 Å². The second-order valence-electron chi connectivity index (χ2n) is 9.20. The van der Waals surface area contributed by atoms with Crippen LogP contribution in [0.3, 0.4) is 0 Å². The lowest BCUT2D eigenvalue weighted by molar-refractivity contribution is -0.174. The van der Waals surface area contributed by atoms with E-state index in [2.05, 4.69) is 18.9 Å². The van der Waals surface area contributed by atoms with Crippen LogP contribution in [0.15, 0.2) is 11.6 Å². The fourth-order valence-corrected chi connectivity index (χ4v) is 7.10. The van der Waals surface area contributed by atoms with Crippen molar-refractivity contribution in [2.45, 2.75) is 69.7 Å². The molecule has 3 fully saturated rings. The van der Waals surface area contributed by atoms with E-state index in [1.54, 1.807) is 0 Å². The Balaban J connectivity index is 1.77. The van der Waals surface area contributed by atoms with Gasteiger partial charge in [-0.05, 0) is 68.1 Å². The van der Waals surface area contributed by atoms with Crippen molar-refractivity contribution in [2.75, 3.05) is 6.61 Å². The van der Waals surface area contributed by atoms with E-state index in [0.717, 1.165) is 25.7 Å². The van der Waals surface area contributed by atoms with Gasteiger partial charge in [0.2, 0.25) is 0 Å². The highest BCUT2D eigenvalue weighted by molar-refractivity contribution is 5.30. The van der Waals surface area contributed by atoms with Crippen LogP contribution >= 0.6 is 0 Å². The van der Waals surface area contributed by atoms with E-state index in [1.165, 1.54) is 5.57 Å². The topological polar surface area (TPSA) is 80.9 Å². The van der Waals surface area contributed by atoms with Crippen molar-refractivity contribution in [3.05, 3.63) is 11.6 Å². The molecule has 8 atom stereocenters. The highest BCUT2D eigenvalue weighted by atomic mass is 16.3. The number of terminal acetylenes is 1. The quantitative estimate of drug-likeness (QED) is 0.430. The normalized spacial score (nSPS) is 54.7. The van der Waals surface area contributed by atoms with Gasteiger partial charge in [0.05, 0.1) is 18.8 Å². The van der Waals surface area contributed by atoms with E-state index in [0.29, 0.717) is 19.3 Å². The van der Waals surface area contributed by atoms with Crippen molar-refractivity contribution in [2.24, 2.45) is 28.6 Å². The van der Waals surface area contributed by atoms with Gasteiger partial charge in [0.1, 0.15) is 5.60 Å². The summed E-state index contributed by atoms with van der Waals surface area (Å²) < 4.78 is 0. The predicted molar refractivity (Wildman–Crippen MR) is 94.3 cm³/mol. The molecule has 0 aromatic carbocycles. The summed E-state index contributed by atoms with van der Waals surface area (Å²) in [7, 11) is 0. The molecule has 3 saturated carbocycles. The molecular weight excluding hydrogens is 316 g/mol. The Labute approximate surface area is 150 Å². The van der Waals surface area contributed by atoms with Gasteiger partial charge in [0.15, 0.2) is 0 Å². The molecule has 0 aromatic rings. The van der Waals surface area contributed by atoms with Crippen LogP contribution in [0.5, 0.6) is 0 Å². The lowest BCUT2D eigenvalue weighted by atomic mass is 9.46. The fourth-order valence-electron chi connectivity index (χ4n) is 7.10. The number of hydrogen-bond acceptors (Lipinski definition) is 4. The molecule has 0 bridgehead atoms. The Kier molecular flexibility index (Phi) is 3.91. The number of allylic oxidation sites excluding steroid dienone is 1. The summed E-state index contributed by atoms with van der Waals surface area (Å²) in [6, 6.07) is 0. The molecular formula is C21H30O4. The van der Waals surface area contributed by atoms with E-state index in [4.69, 9.17) is 6.42 Å². The first-order chi connectivity index (χ1) is 11.8.